The average molecular weight is 290 g/mol. The van der Waals surface area contributed by atoms with Gasteiger partial charge in [0.05, 0.1) is 18.7 Å². The predicted octanol–water partition coefficient (Wildman–Crippen LogP) is 3.33. The maximum Gasteiger partial charge on any atom is 0.179 e. The van der Waals surface area contributed by atoms with E-state index in [1.807, 2.05) is 23.9 Å². The summed E-state index contributed by atoms with van der Waals surface area (Å²) in [5, 5.41) is 0.554. The molecule has 0 radical (unpaired) electrons. The zero-order valence-corrected chi connectivity index (χ0v) is 12.4. The summed E-state index contributed by atoms with van der Waals surface area (Å²) in [5.74, 6) is 3.48. The van der Waals surface area contributed by atoms with Crippen molar-refractivity contribution < 1.29 is 9.47 Å². The first-order valence-corrected chi connectivity index (χ1v) is 7.53. The summed E-state index contributed by atoms with van der Waals surface area (Å²) in [5.41, 5.74) is 6.53. The molecule has 0 aliphatic heterocycles. The van der Waals surface area contributed by atoms with Gasteiger partial charge in [-0.25, -0.2) is 0 Å². The molecule has 0 aliphatic carbocycles. The Morgan fingerprint density at radius 2 is 2.17 bits per heavy atom. The van der Waals surface area contributed by atoms with Crippen LogP contribution in [0.1, 0.15) is 18.9 Å². The van der Waals surface area contributed by atoms with Crippen molar-refractivity contribution in [3.05, 3.63) is 22.7 Å². The van der Waals surface area contributed by atoms with E-state index in [1.54, 1.807) is 7.11 Å². The second kappa shape index (κ2) is 8.51. The van der Waals surface area contributed by atoms with Crippen molar-refractivity contribution in [1.29, 1.82) is 0 Å². The largest absolute Gasteiger partial charge is 0.493 e. The number of rotatable bonds is 8. The molecule has 102 valence electrons. The summed E-state index contributed by atoms with van der Waals surface area (Å²) < 4.78 is 11.0. The third-order valence-corrected chi connectivity index (χ3v) is 3.67. The van der Waals surface area contributed by atoms with Gasteiger partial charge < -0.3 is 15.2 Å². The summed E-state index contributed by atoms with van der Waals surface area (Å²) in [6.45, 7) is 3.23. The molecule has 2 N–H and O–H groups in total. The Balaban J connectivity index is 2.63. The second-order valence-electron chi connectivity index (χ2n) is 3.71. The van der Waals surface area contributed by atoms with Crippen molar-refractivity contribution >= 4 is 23.4 Å². The zero-order valence-electron chi connectivity index (χ0n) is 10.9. The molecule has 0 aromatic heterocycles. The normalized spacial score (nSPS) is 10.4. The van der Waals surface area contributed by atoms with E-state index in [2.05, 4.69) is 6.92 Å². The molecule has 0 spiro atoms. The van der Waals surface area contributed by atoms with Gasteiger partial charge in [-0.05, 0) is 35.6 Å². The molecular weight excluding hydrogens is 270 g/mol. The number of hydrogen-bond donors (Lipinski definition) is 1. The van der Waals surface area contributed by atoms with Gasteiger partial charge in [-0.15, -0.1) is 0 Å². The van der Waals surface area contributed by atoms with Crippen LogP contribution in [0, 0.1) is 0 Å². The lowest BCUT2D eigenvalue weighted by atomic mass is 10.2. The fourth-order valence-electron chi connectivity index (χ4n) is 1.51. The molecule has 0 saturated carbocycles. The molecule has 0 heterocycles. The van der Waals surface area contributed by atoms with Crippen molar-refractivity contribution in [2.45, 2.75) is 19.9 Å². The van der Waals surface area contributed by atoms with Crippen LogP contribution in [0.2, 0.25) is 5.02 Å². The number of thioether (sulfide) groups is 1. The molecule has 1 aromatic carbocycles. The Kier molecular flexibility index (Phi) is 7.32. The Bertz CT molecular complexity index is 374. The minimum absolute atomic E-state index is 0.434. The van der Waals surface area contributed by atoms with Gasteiger partial charge in [-0.2, -0.15) is 11.8 Å². The molecule has 1 rings (SSSR count). The lowest BCUT2D eigenvalue weighted by molar-refractivity contribution is 0.295. The van der Waals surface area contributed by atoms with E-state index in [0.717, 1.165) is 23.5 Å². The third kappa shape index (κ3) is 4.59. The Hall–Kier alpha value is -0.580. The molecule has 0 atom stereocenters. The number of benzene rings is 1. The molecule has 0 saturated heterocycles. The molecule has 0 amide bonds. The molecule has 0 aliphatic rings. The van der Waals surface area contributed by atoms with Gasteiger partial charge in [0.2, 0.25) is 0 Å². The lowest BCUT2D eigenvalue weighted by Crippen LogP contribution is -2.03. The van der Waals surface area contributed by atoms with Crippen molar-refractivity contribution in [3.8, 4) is 11.5 Å². The number of ether oxygens (including phenoxy) is 2. The molecule has 18 heavy (non-hydrogen) atoms. The fraction of sp³-hybridized carbons (Fsp3) is 0.538. The highest BCUT2D eigenvalue weighted by Crippen LogP contribution is 2.36. The first-order chi connectivity index (χ1) is 8.72. The molecule has 1 aromatic rings. The first-order valence-electron chi connectivity index (χ1n) is 6.00. The van der Waals surface area contributed by atoms with Gasteiger partial charge in [0.15, 0.2) is 11.5 Å². The maximum atomic E-state index is 6.17. The van der Waals surface area contributed by atoms with E-state index in [1.165, 1.54) is 0 Å². The summed E-state index contributed by atoms with van der Waals surface area (Å²) in [4.78, 5) is 0. The second-order valence-corrected chi connectivity index (χ2v) is 5.51. The van der Waals surface area contributed by atoms with Crippen molar-refractivity contribution in [2.75, 3.05) is 25.2 Å². The molecule has 5 heteroatoms. The predicted molar refractivity (Wildman–Crippen MR) is 79.0 cm³/mol. The van der Waals surface area contributed by atoms with E-state index in [4.69, 9.17) is 26.8 Å². The van der Waals surface area contributed by atoms with Crippen LogP contribution in [0.5, 0.6) is 11.5 Å². The van der Waals surface area contributed by atoms with E-state index < -0.39 is 0 Å². The quantitative estimate of drug-likeness (QED) is 0.746. The van der Waals surface area contributed by atoms with Crippen LogP contribution >= 0.6 is 23.4 Å². The van der Waals surface area contributed by atoms with Crippen LogP contribution in [0.25, 0.3) is 0 Å². The number of hydrogen-bond acceptors (Lipinski definition) is 4. The Morgan fingerprint density at radius 3 is 2.78 bits per heavy atom. The highest BCUT2D eigenvalue weighted by atomic mass is 35.5. The van der Waals surface area contributed by atoms with E-state index in [-0.39, 0.29) is 0 Å². The molecule has 0 bridgehead atoms. The van der Waals surface area contributed by atoms with Crippen LogP contribution in [0.3, 0.4) is 0 Å². The Morgan fingerprint density at radius 1 is 1.39 bits per heavy atom. The van der Waals surface area contributed by atoms with Crippen LogP contribution in [0.4, 0.5) is 0 Å². The highest BCUT2D eigenvalue weighted by Gasteiger charge is 2.11. The minimum Gasteiger partial charge on any atom is -0.493 e. The maximum absolute atomic E-state index is 6.17. The smallest absolute Gasteiger partial charge is 0.179 e. The third-order valence-electron chi connectivity index (χ3n) is 2.41. The average Bonchev–Trinajstić information content (AvgIpc) is 2.39. The van der Waals surface area contributed by atoms with E-state index in [9.17, 15) is 0 Å². The van der Waals surface area contributed by atoms with Gasteiger partial charge >= 0.3 is 0 Å². The number of halogens is 1. The lowest BCUT2D eigenvalue weighted by Gasteiger charge is -2.13. The number of nitrogens with two attached hydrogens (primary N) is 1. The highest BCUT2D eigenvalue weighted by molar-refractivity contribution is 7.99. The van der Waals surface area contributed by atoms with Crippen LogP contribution < -0.4 is 15.2 Å². The van der Waals surface area contributed by atoms with Gasteiger partial charge in [0, 0.05) is 6.54 Å². The molecule has 0 fully saturated rings. The SMILES string of the molecule is CCSCCCOc1c(Cl)cc(CN)cc1OC. The first kappa shape index (κ1) is 15.5. The van der Waals surface area contributed by atoms with Gasteiger partial charge in [0.25, 0.3) is 0 Å². The summed E-state index contributed by atoms with van der Waals surface area (Å²) in [6, 6.07) is 3.68. The van der Waals surface area contributed by atoms with E-state index >= 15 is 0 Å². The van der Waals surface area contributed by atoms with Crippen LogP contribution in [-0.4, -0.2) is 25.2 Å². The van der Waals surface area contributed by atoms with Crippen molar-refractivity contribution in [2.24, 2.45) is 5.73 Å². The summed E-state index contributed by atoms with van der Waals surface area (Å²) >= 11 is 8.07. The molecule has 0 unspecified atom stereocenters. The molecule has 3 nitrogen and oxygen atoms in total. The monoisotopic (exact) mass is 289 g/mol. The number of methoxy groups -OCH3 is 1. The van der Waals surface area contributed by atoms with Crippen LogP contribution in [0.15, 0.2) is 12.1 Å². The minimum atomic E-state index is 0.434. The topological polar surface area (TPSA) is 44.5 Å². The van der Waals surface area contributed by atoms with E-state index in [0.29, 0.717) is 29.7 Å². The molecular formula is C13H20ClNO2S. The van der Waals surface area contributed by atoms with Crippen molar-refractivity contribution in [3.63, 3.8) is 0 Å². The summed E-state index contributed by atoms with van der Waals surface area (Å²) in [7, 11) is 1.60. The zero-order chi connectivity index (χ0) is 13.4. The van der Waals surface area contributed by atoms with Gasteiger partial charge in [0.1, 0.15) is 0 Å². The fourth-order valence-corrected chi connectivity index (χ4v) is 2.41. The standard InChI is InChI=1S/C13H20ClNO2S/c1-3-18-6-4-5-17-13-11(14)7-10(9-15)8-12(13)16-2/h7-8H,3-6,9,15H2,1-2H3. The van der Waals surface area contributed by atoms with Gasteiger partial charge in [-0.3, -0.25) is 0 Å². The van der Waals surface area contributed by atoms with Crippen LogP contribution in [-0.2, 0) is 6.54 Å². The Labute approximate surface area is 118 Å². The van der Waals surface area contributed by atoms with Gasteiger partial charge in [-0.1, -0.05) is 18.5 Å². The van der Waals surface area contributed by atoms with Crippen molar-refractivity contribution in [1.82, 2.24) is 0 Å². The summed E-state index contributed by atoms with van der Waals surface area (Å²) in [6.07, 6.45) is 0.997.